The molecule has 15 heavy (non-hydrogen) atoms. The molecule has 1 unspecified atom stereocenters. The summed E-state index contributed by atoms with van der Waals surface area (Å²) in [5, 5.41) is 2.85. The van der Waals surface area contributed by atoms with E-state index in [0.29, 0.717) is 19.0 Å². The summed E-state index contributed by atoms with van der Waals surface area (Å²) in [6, 6.07) is 0. The van der Waals surface area contributed by atoms with Gasteiger partial charge in [-0.3, -0.25) is 0 Å². The van der Waals surface area contributed by atoms with E-state index in [2.05, 4.69) is 5.32 Å². The van der Waals surface area contributed by atoms with Crippen LogP contribution in [-0.4, -0.2) is 43.8 Å². The van der Waals surface area contributed by atoms with E-state index in [1.165, 1.54) is 0 Å². The maximum absolute atomic E-state index is 12.6. The van der Waals surface area contributed by atoms with Crippen LogP contribution in [0.5, 0.6) is 0 Å². The van der Waals surface area contributed by atoms with Crippen molar-refractivity contribution < 1.29 is 13.2 Å². The molecule has 90 valence electrons. The van der Waals surface area contributed by atoms with Gasteiger partial charge in [0.1, 0.15) is 0 Å². The molecule has 0 radical (unpaired) electrons. The molecule has 1 heterocycles. The Balaban J connectivity index is 2.53. The van der Waals surface area contributed by atoms with Gasteiger partial charge in [-0.15, -0.1) is 0 Å². The first-order valence-electron chi connectivity index (χ1n) is 5.39. The minimum Gasteiger partial charge on any atom is -0.315 e. The highest BCUT2D eigenvalue weighted by Crippen LogP contribution is 2.27. The van der Waals surface area contributed by atoms with Crippen LogP contribution in [0.2, 0.25) is 0 Å². The lowest BCUT2D eigenvalue weighted by molar-refractivity contribution is -0.176. The SMILES string of the molecule is CC(C)CN1CCNCC(C(F)(F)F)C1. The molecule has 0 spiro atoms. The minimum atomic E-state index is -4.08. The van der Waals surface area contributed by atoms with Crippen LogP contribution < -0.4 is 5.32 Å². The van der Waals surface area contributed by atoms with Crippen molar-refractivity contribution in [2.45, 2.75) is 20.0 Å². The van der Waals surface area contributed by atoms with Crippen LogP contribution in [0.3, 0.4) is 0 Å². The van der Waals surface area contributed by atoms with Crippen molar-refractivity contribution in [3.8, 4) is 0 Å². The van der Waals surface area contributed by atoms with E-state index in [9.17, 15) is 13.2 Å². The molecular weight excluding hydrogens is 205 g/mol. The molecule has 0 amide bonds. The van der Waals surface area contributed by atoms with E-state index in [4.69, 9.17) is 0 Å². The fourth-order valence-corrected chi connectivity index (χ4v) is 1.88. The summed E-state index contributed by atoms with van der Waals surface area (Å²) >= 11 is 0. The molecule has 5 heteroatoms. The number of nitrogens with one attached hydrogen (secondary N) is 1. The second-order valence-corrected chi connectivity index (χ2v) is 4.60. The summed E-state index contributed by atoms with van der Waals surface area (Å²) in [7, 11) is 0. The van der Waals surface area contributed by atoms with Crippen LogP contribution in [0.4, 0.5) is 13.2 Å². The number of hydrogen-bond acceptors (Lipinski definition) is 2. The zero-order chi connectivity index (χ0) is 11.5. The Kier molecular flexibility index (Phi) is 4.40. The molecule has 0 aliphatic carbocycles. The Morgan fingerprint density at radius 1 is 1.40 bits per heavy atom. The number of alkyl halides is 3. The molecule has 0 bridgehead atoms. The largest absolute Gasteiger partial charge is 0.394 e. The molecule has 1 fully saturated rings. The third-order valence-electron chi connectivity index (χ3n) is 2.56. The molecule has 1 N–H and O–H groups in total. The summed E-state index contributed by atoms with van der Waals surface area (Å²) in [5.74, 6) is -0.810. The summed E-state index contributed by atoms with van der Waals surface area (Å²) in [5.41, 5.74) is 0. The van der Waals surface area contributed by atoms with Crippen LogP contribution in [-0.2, 0) is 0 Å². The smallest absolute Gasteiger partial charge is 0.315 e. The molecule has 0 aromatic rings. The van der Waals surface area contributed by atoms with Crippen molar-refractivity contribution in [1.82, 2.24) is 10.2 Å². The Morgan fingerprint density at radius 2 is 2.07 bits per heavy atom. The van der Waals surface area contributed by atoms with Gasteiger partial charge in [-0.2, -0.15) is 13.2 Å². The lowest BCUT2D eigenvalue weighted by Crippen LogP contribution is -2.39. The first-order valence-corrected chi connectivity index (χ1v) is 5.39. The summed E-state index contributed by atoms with van der Waals surface area (Å²) in [6.45, 7) is 6.35. The molecular formula is C10H19F3N2. The fraction of sp³-hybridized carbons (Fsp3) is 1.00. The predicted octanol–water partition coefficient (Wildman–Crippen LogP) is 1.73. The first kappa shape index (κ1) is 12.8. The third-order valence-corrected chi connectivity index (χ3v) is 2.56. The molecule has 1 saturated heterocycles. The topological polar surface area (TPSA) is 15.3 Å². The quantitative estimate of drug-likeness (QED) is 0.768. The number of halogens is 3. The van der Waals surface area contributed by atoms with Gasteiger partial charge in [0.05, 0.1) is 5.92 Å². The molecule has 2 nitrogen and oxygen atoms in total. The highest BCUT2D eigenvalue weighted by Gasteiger charge is 2.40. The highest BCUT2D eigenvalue weighted by molar-refractivity contribution is 4.79. The van der Waals surface area contributed by atoms with Gasteiger partial charge < -0.3 is 10.2 Å². The van der Waals surface area contributed by atoms with Gasteiger partial charge in [-0.1, -0.05) is 13.8 Å². The number of hydrogen-bond donors (Lipinski definition) is 1. The van der Waals surface area contributed by atoms with Crippen LogP contribution in [0.1, 0.15) is 13.8 Å². The summed E-state index contributed by atoms with van der Waals surface area (Å²) < 4.78 is 37.7. The van der Waals surface area contributed by atoms with E-state index in [1.54, 1.807) is 0 Å². The van der Waals surface area contributed by atoms with Gasteiger partial charge in [0.25, 0.3) is 0 Å². The van der Waals surface area contributed by atoms with Crippen molar-refractivity contribution >= 4 is 0 Å². The van der Waals surface area contributed by atoms with Gasteiger partial charge in [0, 0.05) is 32.7 Å². The van der Waals surface area contributed by atoms with Crippen molar-refractivity contribution in [2.24, 2.45) is 11.8 Å². The Bertz CT molecular complexity index is 192. The lowest BCUT2D eigenvalue weighted by Gasteiger charge is -2.26. The third kappa shape index (κ3) is 4.38. The van der Waals surface area contributed by atoms with Crippen LogP contribution >= 0.6 is 0 Å². The van der Waals surface area contributed by atoms with Crippen molar-refractivity contribution in [2.75, 3.05) is 32.7 Å². The molecule has 1 atom stereocenters. The molecule has 1 aliphatic heterocycles. The monoisotopic (exact) mass is 224 g/mol. The number of nitrogens with zero attached hydrogens (tertiary/aromatic N) is 1. The van der Waals surface area contributed by atoms with Gasteiger partial charge in [0.2, 0.25) is 0 Å². The normalized spacial score (nSPS) is 25.6. The summed E-state index contributed by atoms with van der Waals surface area (Å²) in [6.07, 6.45) is -4.08. The van der Waals surface area contributed by atoms with Gasteiger partial charge in [-0.05, 0) is 5.92 Å². The van der Waals surface area contributed by atoms with E-state index in [-0.39, 0.29) is 13.1 Å². The van der Waals surface area contributed by atoms with E-state index >= 15 is 0 Å². The average molecular weight is 224 g/mol. The fourth-order valence-electron chi connectivity index (χ4n) is 1.88. The lowest BCUT2D eigenvalue weighted by atomic mass is 10.1. The van der Waals surface area contributed by atoms with Crippen molar-refractivity contribution in [1.29, 1.82) is 0 Å². The predicted molar refractivity (Wildman–Crippen MR) is 53.7 cm³/mol. The van der Waals surface area contributed by atoms with Gasteiger partial charge >= 0.3 is 6.18 Å². The zero-order valence-corrected chi connectivity index (χ0v) is 9.27. The first-order chi connectivity index (χ1) is 6.89. The van der Waals surface area contributed by atoms with Crippen LogP contribution in [0.15, 0.2) is 0 Å². The average Bonchev–Trinajstić information content (AvgIpc) is 2.27. The Morgan fingerprint density at radius 3 is 2.60 bits per heavy atom. The van der Waals surface area contributed by atoms with Crippen LogP contribution in [0.25, 0.3) is 0 Å². The van der Waals surface area contributed by atoms with Gasteiger partial charge in [-0.25, -0.2) is 0 Å². The Hall–Kier alpha value is -0.290. The summed E-state index contributed by atoms with van der Waals surface area (Å²) in [4.78, 5) is 1.91. The Labute approximate surface area is 88.8 Å². The van der Waals surface area contributed by atoms with Crippen molar-refractivity contribution in [3.05, 3.63) is 0 Å². The standard InChI is InChI=1S/C10H19F3N2/c1-8(2)6-15-4-3-14-5-9(7-15)10(11,12)13/h8-9,14H,3-7H2,1-2H3. The molecule has 1 rings (SSSR count). The second kappa shape index (κ2) is 5.16. The van der Waals surface area contributed by atoms with Gasteiger partial charge in [0.15, 0.2) is 0 Å². The minimum absolute atomic E-state index is 0.0537. The molecule has 0 saturated carbocycles. The number of rotatable bonds is 2. The zero-order valence-electron chi connectivity index (χ0n) is 9.27. The van der Waals surface area contributed by atoms with Crippen molar-refractivity contribution in [3.63, 3.8) is 0 Å². The highest BCUT2D eigenvalue weighted by atomic mass is 19.4. The van der Waals surface area contributed by atoms with E-state index < -0.39 is 12.1 Å². The van der Waals surface area contributed by atoms with E-state index in [0.717, 1.165) is 6.54 Å². The maximum atomic E-state index is 12.6. The second-order valence-electron chi connectivity index (χ2n) is 4.60. The molecule has 0 aromatic carbocycles. The maximum Gasteiger partial charge on any atom is 0.394 e. The van der Waals surface area contributed by atoms with Crippen LogP contribution in [0, 0.1) is 11.8 Å². The van der Waals surface area contributed by atoms with E-state index in [1.807, 2.05) is 18.7 Å². The molecule has 1 aliphatic rings. The molecule has 0 aromatic heterocycles.